The number of nitrogens with zero attached hydrogens (tertiary/aromatic N) is 1. The van der Waals surface area contributed by atoms with Crippen LogP contribution in [0.25, 0.3) is 0 Å². The highest BCUT2D eigenvalue weighted by Gasteiger charge is 2.37. The van der Waals surface area contributed by atoms with Gasteiger partial charge in [-0.25, -0.2) is 0 Å². The predicted molar refractivity (Wildman–Crippen MR) is 73.5 cm³/mol. The molecule has 1 rings (SSSR count). The van der Waals surface area contributed by atoms with E-state index in [1.807, 2.05) is 26.0 Å². The molecule has 0 bridgehead atoms. The first-order valence-corrected chi connectivity index (χ1v) is 6.54. The Morgan fingerprint density at radius 1 is 1.21 bits per heavy atom. The van der Waals surface area contributed by atoms with Gasteiger partial charge in [-0.3, -0.25) is 19.7 Å². The first kappa shape index (κ1) is 15.3. The van der Waals surface area contributed by atoms with Crippen LogP contribution in [0.5, 0.6) is 0 Å². The van der Waals surface area contributed by atoms with Crippen LogP contribution < -0.4 is 5.43 Å². The Hall–Kier alpha value is -1.78. The van der Waals surface area contributed by atoms with Crippen LogP contribution in [-0.4, -0.2) is 21.7 Å². The molecule has 0 aromatic carbocycles. The van der Waals surface area contributed by atoms with Gasteiger partial charge in [-0.05, 0) is 38.8 Å². The Kier molecular flexibility index (Phi) is 4.75. The quantitative estimate of drug-likeness (QED) is 0.830. The van der Waals surface area contributed by atoms with Gasteiger partial charge in [-0.15, -0.1) is 0 Å². The lowest BCUT2D eigenvalue weighted by Crippen LogP contribution is -2.36. The van der Waals surface area contributed by atoms with Crippen LogP contribution in [0.1, 0.15) is 44.5 Å². The van der Waals surface area contributed by atoms with E-state index >= 15 is 0 Å². The Morgan fingerprint density at radius 2 is 1.68 bits per heavy atom. The number of carboxylic acid groups (broad SMARTS) is 1. The van der Waals surface area contributed by atoms with Crippen LogP contribution in [0.3, 0.4) is 0 Å². The number of rotatable bonds is 6. The average Bonchev–Trinajstić information content (AvgIpc) is 2.67. The minimum Gasteiger partial charge on any atom is -0.481 e. The zero-order chi connectivity index (χ0) is 14.6. The number of carbonyl (C=O) groups excluding carboxylic acids is 1. The number of nitrogens with one attached hydrogen (secondary N) is 1. The highest BCUT2D eigenvalue weighted by molar-refractivity contribution is 5.89. The van der Waals surface area contributed by atoms with Gasteiger partial charge in [0.05, 0.1) is 5.41 Å². The van der Waals surface area contributed by atoms with Crippen molar-refractivity contribution in [3.05, 3.63) is 23.5 Å². The molecule has 0 atom stereocenters. The minimum atomic E-state index is -0.973. The van der Waals surface area contributed by atoms with Gasteiger partial charge in [0.1, 0.15) is 0 Å². The summed E-state index contributed by atoms with van der Waals surface area (Å²) in [7, 11) is 0. The maximum Gasteiger partial charge on any atom is 0.310 e. The van der Waals surface area contributed by atoms with Crippen molar-refractivity contribution in [2.75, 3.05) is 5.43 Å². The molecule has 19 heavy (non-hydrogen) atoms. The molecule has 1 heterocycles. The van der Waals surface area contributed by atoms with E-state index in [9.17, 15) is 14.7 Å². The number of hydrogen-bond acceptors (Lipinski definition) is 2. The van der Waals surface area contributed by atoms with Crippen LogP contribution in [-0.2, 0) is 9.59 Å². The molecule has 0 saturated heterocycles. The SMILES string of the molecule is CCC(CC)(CC(=O)Nn1c(C)ccc1C)C(=O)O. The van der Waals surface area contributed by atoms with E-state index in [2.05, 4.69) is 5.43 Å². The van der Waals surface area contributed by atoms with Gasteiger partial charge in [-0.1, -0.05) is 13.8 Å². The first-order chi connectivity index (χ1) is 8.86. The molecule has 0 spiro atoms. The normalized spacial score (nSPS) is 11.4. The van der Waals surface area contributed by atoms with E-state index in [1.54, 1.807) is 18.5 Å². The fraction of sp³-hybridized carbons (Fsp3) is 0.571. The molecular formula is C14H22N2O3. The summed E-state index contributed by atoms with van der Waals surface area (Å²) in [6.07, 6.45) is 0.873. The molecular weight excluding hydrogens is 244 g/mol. The summed E-state index contributed by atoms with van der Waals surface area (Å²) in [6, 6.07) is 3.80. The standard InChI is InChI=1S/C14H22N2O3/c1-5-14(6-2,13(18)19)9-12(17)15-16-10(3)7-8-11(16)4/h7-8H,5-6,9H2,1-4H3,(H,15,17)(H,18,19). The van der Waals surface area contributed by atoms with E-state index in [0.29, 0.717) is 12.8 Å². The Morgan fingerprint density at radius 3 is 2.05 bits per heavy atom. The molecule has 0 fully saturated rings. The van der Waals surface area contributed by atoms with Gasteiger partial charge in [-0.2, -0.15) is 0 Å². The molecule has 1 aromatic rings. The molecule has 2 N–H and O–H groups in total. The Bertz CT molecular complexity index is 454. The van der Waals surface area contributed by atoms with Crippen molar-refractivity contribution in [3.8, 4) is 0 Å². The van der Waals surface area contributed by atoms with Gasteiger partial charge < -0.3 is 5.11 Å². The lowest BCUT2D eigenvalue weighted by molar-refractivity contribution is -0.151. The van der Waals surface area contributed by atoms with Crippen molar-refractivity contribution in [2.45, 2.75) is 47.0 Å². The monoisotopic (exact) mass is 266 g/mol. The summed E-state index contributed by atoms with van der Waals surface area (Å²) in [6.45, 7) is 7.38. The summed E-state index contributed by atoms with van der Waals surface area (Å²) >= 11 is 0. The third-order valence-electron chi connectivity index (χ3n) is 3.81. The summed E-state index contributed by atoms with van der Waals surface area (Å²) in [5.74, 6) is -1.18. The zero-order valence-corrected chi connectivity index (χ0v) is 12.0. The lowest BCUT2D eigenvalue weighted by Gasteiger charge is -2.26. The van der Waals surface area contributed by atoms with Gasteiger partial charge in [0, 0.05) is 17.8 Å². The third kappa shape index (κ3) is 3.16. The molecule has 0 aliphatic rings. The van der Waals surface area contributed by atoms with Crippen molar-refractivity contribution < 1.29 is 14.7 Å². The summed E-state index contributed by atoms with van der Waals surface area (Å²) in [5, 5.41) is 9.32. The van der Waals surface area contributed by atoms with Crippen molar-refractivity contribution in [3.63, 3.8) is 0 Å². The predicted octanol–water partition coefficient (Wildman–Crippen LogP) is 2.46. The molecule has 0 radical (unpaired) electrons. The Labute approximate surface area is 113 Å². The molecule has 106 valence electrons. The second-order valence-corrected chi connectivity index (χ2v) is 4.96. The van der Waals surface area contributed by atoms with E-state index < -0.39 is 11.4 Å². The minimum absolute atomic E-state index is 0.00755. The third-order valence-corrected chi connectivity index (χ3v) is 3.81. The van der Waals surface area contributed by atoms with Gasteiger partial charge in [0.2, 0.25) is 5.91 Å². The summed E-state index contributed by atoms with van der Waals surface area (Å²) < 4.78 is 1.68. The molecule has 1 amide bonds. The van der Waals surface area contributed by atoms with E-state index in [4.69, 9.17) is 0 Å². The number of aromatic nitrogens is 1. The second kappa shape index (κ2) is 5.91. The molecule has 0 aliphatic carbocycles. The Balaban J connectivity index is 2.82. The van der Waals surface area contributed by atoms with Crippen molar-refractivity contribution in [1.29, 1.82) is 0 Å². The summed E-state index contributed by atoms with van der Waals surface area (Å²) in [4.78, 5) is 23.4. The topological polar surface area (TPSA) is 71.3 Å². The average molecular weight is 266 g/mol. The second-order valence-electron chi connectivity index (χ2n) is 4.96. The zero-order valence-electron chi connectivity index (χ0n) is 12.0. The fourth-order valence-corrected chi connectivity index (χ4v) is 2.19. The molecule has 0 unspecified atom stereocenters. The molecule has 5 heteroatoms. The highest BCUT2D eigenvalue weighted by atomic mass is 16.4. The van der Waals surface area contributed by atoms with Crippen LogP contribution in [0, 0.1) is 19.3 Å². The lowest BCUT2D eigenvalue weighted by atomic mass is 9.79. The van der Waals surface area contributed by atoms with E-state index in [-0.39, 0.29) is 12.3 Å². The van der Waals surface area contributed by atoms with Gasteiger partial charge >= 0.3 is 5.97 Å². The van der Waals surface area contributed by atoms with Crippen molar-refractivity contribution in [1.82, 2.24) is 4.68 Å². The number of carboxylic acids is 1. The maximum atomic E-state index is 12.1. The van der Waals surface area contributed by atoms with Crippen LogP contribution >= 0.6 is 0 Å². The van der Waals surface area contributed by atoms with Crippen molar-refractivity contribution in [2.24, 2.45) is 5.41 Å². The van der Waals surface area contributed by atoms with Crippen molar-refractivity contribution >= 4 is 11.9 Å². The number of amides is 1. The highest BCUT2D eigenvalue weighted by Crippen LogP contribution is 2.31. The first-order valence-electron chi connectivity index (χ1n) is 6.54. The maximum absolute atomic E-state index is 12.1. The molecule has 1 aromatic heterocycles. The van der Waals surface area contributed by atoms with Crippen LogP contribution in [0.2, 0.25) is 0 Å². The van der Waals surface area contributed by atoms with Crippen LogP contribution in [0.15, 0.2) is 12.1 Å². The number of carbonyl (C=O) groups is 2. The fourth-order valence-electron chi connectivity index (χ4n) is 2.19. The molecule has 0 saturated carbocycles. The van der Waals surface area contributed by atoms with Gasteiger partial charge in [0.15, 0.2) is 0 Å². The number of aliphatic carboxylic acids is 1. The van der Waals surface area contributed by atoms with Crippen LogP contribution in [0.4, 0.5) is 0 Å². The summed E-state index contributed by atoms with van der Waals surface area (Å²) in [5.41, 5.74) is 3.61. The molecule has 0 aliphatic heterocycles. The van der Waals surface area contributed by atoms with E-state index in [1.165, 1.54) is 0 Å². The number of hydrogen-bond donors (Lipinski definition) is 2. The smallest absolute Gasteiger partial charge is 0.310 e. The van der Waals surface area contributed by atoms with Gasteiger partial charge in [0.25, 0.3) is 0 Å². The number of aryl methyl sites for hydroxylation is 2. The molecule has 5 nitrogen and oxygen atoms in total. The largest absolute Gasteiger partial charge is 0.481 e. The van der Waals surface area contributed by atoms with E-state index in [0.717, 1.165) is 11.4 Å².